The summed E-state index contributed by atoms with van der Waals surface area (Å²) in [5.74, 6) is -0.134. The van der Waals surface area contributed by atoms with Gasteiger partial charge in [0.2, 0.25) is 5.91 Å². The van der Waals surface area contributed by atoms with Crippen molar-refractivity contribution in [3.63, 3.8) is 0 Å². The second-order valence-corrected chi connectivity index (χ2v) is 6.93. The van der Waals surface area contributed by atoms with Crippen molar-refractivity contribution in [3.8, 4) is 5.75 Å². The molecule has 0 saturated carbocycles. The molecule has 1 amide bonds. The first-order valence-electron chi connectivity index (χ1n) is 7.96. The highest BCUT2D eigenvalue weighted by Gasteiger charge is 2.05. The van der Waals surface area contributed by atoms with Gasteiger partial charge in [-0.1, -0.05) is 23.7 Å². The number of nitrogens with one attached hydrogen (secondary N) is 1. The number of aliphatic carboxylic acids is 1. The lowest BCUT2D eigenvalue weighted by Crippen LogP contribution is -2.22. The molecule has 0 fully saturated rings. The summed E-state index contributed by atoms with van der Waals surface area (Å²) >= 11 is 7.42. The van der Waals surface area contributed by atoms with E-state index in [0.29, 0.717) is 43.2 Å². The van der Waals surface area contributed by atoms with Crippen LogP contribution in [-0.2, 0) is 22.6 Å². The second kappa shape index (κ2) is 10.1. The number of aryl methyl sites for hydroxylation is 1. The molecule has 2 rings (SSSR count). The van der Waals surface area contributed by atoms with Crippen LogP contribution < -0.4 is 10.1 Å². The second-order valence-electron chi connectivity index (χ2n) is 5.50. The highest BCUT2D eigenvalue weighted by atomic mass is 35.5. The van der Waals surface area contributed by atoms with Gasteiger partial charge in [-0.2, -0.15) is 0 Å². The van der Waals surface area contributed by atoms with Crippen LogP contribution in [0.25, 0.3) is 0 Å². The molecule has 1 heterocycles. The number of hydrogen-bond acceptors (Lipinski definition) is 4. The van der Waals surface area contributed by atoms with Gasteiger partial charge in [-0.25, -0.2) is 0 Å². The van der Waals surface area contributed by atoms with E-state index in [1.54, 1.807) is 11.3 Å². The SMILES string of the molecule is O=C(O)CCCOc1ccc(CNC(=O)CCc2cc(Cl)cs2)cc1. The van der Waals surface area contributed by atoms with Gasteiger partial charge >= 0.3 is 5.97 Å². The van der Waals surface area contributed by atoms with E-state index in [1.807, 2.05) is 35.7 Å². The molecule has 2 aromatic rings. The Morgan fingerprint density at radius 1 is 1.20 bits per heavy atom. The molecule has 0 radical (unpaired) electrons. The van der Waals surface area contributed by atoms with Crippen LogP contribution in [-0.4, -0.2) is 23.6 Å². The largest absolute Gasteiger partial charge is 0.494 e. The monoisotopic (exact) mass is 381 g/mol. The smallest absolute Gasteiger partial charge is 0.303 e. The Balaban J connectivity index is 1.66. The summed E-state index contributed by atoms with van der Waals surface area (Å²) in [5, 5.41) is 14.0. The normalized spacial score (nSPS) is 10.4. The van der Waals surface area contributed by atoms with Gasteiger partial charge in [-0.3, -0.25) is 9.59 Å². The molecule has 0 aliphatic rings. The third kappa shape index (κ3) is 7.58. The summed E-state index contributed by atoms with van der Waals surface area (Å²) in [4.78, 5) is 23.4. The molecule has 1 aromatic heterocycles. The summed E-state index contributed by atoms with van der Waals surface area (Å²) < 4.78 is 5.47. The van der Waals surface area contributed by atoms with Crippen LogP contribution in [0.15, 0.2) is 35.7 Å². The van der Waals surface area contributed by atoms with Crippen LogP contribution >= 0.6 is 22.9 Å². The Hall–Kier alpha value is -2.05. The Kier molecular flexibility index (Phi) is 7.76. The fourth-order valence-corrected chi connectivity index (χ4v) is 3.20. The fourth-order valence-electron chi connectivity index (χ4n) is 2.13. The molecule has 0 aliphatic carbocycles. The van der Waals surface area contributed by atoms with Gasteiger partial charge in [-0.15, -0.1) is 11.3 Å². The van der Waals surface area contributed by atoms with Crippen molar-refractivity contribution in [2.24, 2.45) is 0 Å². The van der Waals surface area contributed by atoms with E-state index >= 15 is 0 Å². The van der Waals surface area contributed by atoms with Gasteiger partial charge in [0.15, 0.2) is 0 Å². The number of carboxylic acid groups (broad SMARTS) is 1. The molecule has 1 aromatic carbocycles. The summed E-state index contributed by atoms with van der Waals surface area (Å²) in [6, 6.07) is 9.28. The first-order chi connectivity index (χ1) is 12.0. The van der Waals surface area contributed by atoms with Gasteiger partial charge in [0.25, 0.3) is 0 Å². The van der Waals surface area contributed by atoms with Crippen LogP contribution in [0.1, 0.15) is 29.7 Å². The third-order valence-electron chi connectivity index (χ3n) is 3.44. The molecule has 5 nitrogen and oxygen atoms in total. The number of ether oxygens (including phenoxy) is 1. The predicted octanol–water partition coefficient (Wildman–Crippen LogP) is 3.89. The predicted molar refractivity (Wildman–Crippen MR) is 98.3 cm³/mol. The van der Waals surface area contributed by atoms with Gasteiger partial charge in [0.05, 0.1) is 11.6 Å². The van der Waals surface area contributed by atoms with Crippen LogP contribution in [0.3, 0.4) is 0 Å². The van der Waals surface area contributed by atoms with E-state index in [0.717, 1.165) is 10.4 Å². The van der Waals surface area contributed by atoms with Crippen molar-refractivity contribution >= 4 is 34.8 Å². The van der Waals surface area contributed by atoms with Crippen LogP contribution in [0.2, 0.25) is 5.02 Å². The average Bonchev–Trinajstić information content (AvgIpc) is 3.01. The highest BCUT2D eigenvalue weighted by Crippen LogP contribution is 2.20. The molecular formula is C18H20ClNO4S. The van der Waals surface area contributed by atoms with Crippen molar-refractivity contribution < 1.29 is 19.4 Å². The number of amides is 1. The quantitative estimate of drug-likeness (QED) is 0.612. The molecular weight excluding hydrogens is 362 g/mol. The summed E-state index contributed by atoms with van der Waals surface area (Å²) in [7, 11) is 0. The maximum Gasteiger partial charge on any atom is 0.303 e. The molecule has 0 bridgehead atoms. The zero-order chi connectivity index (χ0) is 18.1. The van der Waals surface area contributed by atoms with Crippen LogP contribution in [0.4, 0.5) is 0 Å². The van der Waals surface area contributed by atoms with E-state index in [9.17, 15) is 9.59 Å². The van der Waals surface area contributed by atoms with E-state index in [2.05, 4.69) is 5.32 Å². The Bertz CT molecular complexity index is 699. The maximum absolute atomic E-state index is 11.9. The maximum atomic E-state index is 11.9. The third-order valence-corrected chi connectivity index (χ3v) is 4.78. The van der Waals surface area contributed by atoms with Crippen molar-refractivity contribution in [2.45, 2.75) is 32.2 Å². The summed E-state index contributed by atoms with van der Waals surface area (Å²) in [5.41, 5.74) is 0.977. The number of hydrogen-bond donors (Lipinski definition) is 2. The molecule has 2 N–H and O–H groups in total. The lowest BCUT2D eigenvalue weighted by Gasteiger charge is -2.08. The standard InChI is InChI=1S/C18H20ClNO4S/c19-14-10-16(25-12-14)7-8-17(21)20-11-13-3-5-15(6-4-13)24-9-1-2-18(22)23/h3-6,10,12H,1-2,7-9,11H2,(H,20,21)(H,22,23). The first-order valence-corrected chi connectivity index (χ1v) is 9.22. The number of carbonyl (C=O) groups excluding carboxylic acids is 1. The molecule has 7 heteroatoms. The number of rotatable bonds is 10. The molecule has 0 unspecified atom stereocenters. The fraction of sp³-hybridized carbons (Fsp3) is 0.333. The molecule has 0 spiro atoms. The van der Waals surface area contributed by atoms with Gasteiger partial charge in [0.1, 0.15) is 5.75 Å². The molecule has 0 atom stereocenters. The van der Waals surface area contributed by atoms with Gasteiger partial charge in [-0.05, 0) is 36.6 Å². The van der Waals surface area contributed by atoms with E-state index in [4.69, 9.17) is 21.4 Å². The highest BCUT2D eigenvalue weighted by molar-refractivity contribution is 7.10. The lowest BCUT2D eigenvalue weighted by atomic mass is 10.2. The summed E-state index contributed by atoms with van der Waals surface area (Å²) in [6.07, 6.45) is 1.69. The molecule has 25 heavy (non-hydrogen) atoms. The topological polar surface area (TPSA) is 75.6 Å². The summed E-state index contributed by atoms with van der Waals surface area (Å²) in [6.45, 7) is 0.832. The minimum Gasteiger partial charge on any atom is -0.494 e. The Morgan fingerprint density at radius 2 is 1.96 bits per heavy atom. The first kappa shape index (κ1) is 19.3. The lowest BCUT2D eigenvalue weighted by molar-refractivity contribution is -0.137. The van der Waals surface area contributed by atoms with Gasteiger partial charge in [0, 0.05) is 29.6 Å². The van der Waals surface area contributed by atoms with Crippen LogP contribution in [0.5, 0.6) is 5.75 Å². The molecule has 0 saturated heterocycles. The van der Waals surface area contributed by atoms with Crippen molar-refractivity contribution in [2.75, 3.05) is 6.61 Å². The number of thiophene rings is 1. The number of halogens is 1. The number of carbonyl (C=O) groups is 2. The van der Waals surface area contributed by atoms with E-state index in [-0.39, 0.29) is 12.3 Å². The zero-order valence-corrected chi connectivity index (χ0v) is 15.2. The van der Waals surface area contributed by atoms with E-state index < -0.39 is 5.97 Å². The van der Waals surface area contributed by atoms with Gasteiger partial charge < -0.3 is 15.2 Å². The molecule has 0 aliphatic heterocycles. The number of carboxylic acids is 1. The minimum atomic E-state index is -0.822. The number of benzene rings is 1. The minimum absolute atomic E-state index is 0.00137. The van der Waals surface area contributed by atoms with Crippen molar-refractivity contribution in [1.29, 1.82) is 0 Å². The average molecular weight is 382 g/mol. The van der Waals surface area contributed by atoms with Crippen LogP contribution in [0, 0.1) is 0 Å². The zero-order valence-electron chi connectivity index (χ0n) is 13.7. The Labute approximate surface area is 155 Å². The van der Waals surface area contributed by atoms with Crippen molar-refractivity contribution in [1.82, 2.24) is 5.32 Å². The Morgan fingerprint density at radius 3 is 2.60 bits per heavy atom. The van der Waals surface area contributed by atoms with E-state index in [1.165, 1.54) is 0 Å². The van der Waals surface area contributed by atoms with Crippen molar-refractivity contribution in [3.05, 3.63) is 51.2 Å². The molecule has 134 valence electrons.